The molecule has 1 amide bonds. The summed E-state index contributed by atoms with van der Waals surface area (Å²) in [5.41, 5.74) is 2.80. The van der Waals surface area contributed by atoms with Crippen LogP contribution in [0.25, 0.3) is 11.1 Å². The van der Waals surface area contributed by atoms with Crippen molar-refractivity contribution in [1.82, 2.24) is 9.47 Å². The van der Waals surface area contributed by atoms with Crippen molar-refractivity contribution in [2.45, 2.75) is 38.3 Å². The first-order valence-corrected chi connectivity index (χ1v) is 11.1. The lowest BCUT2D eigenvalue weighted by Crippen LogP contribution is -2.49. The average Bonchev–Trinajstić information content (AvgIpc) is 2.81. The van der Waals surface area contributed by atoms with Crippen molar-refractivity contribution in [1.29, 1.82) is 0 Å². The first kappa shape index (κ1) is 22.5. The van der Waals surface area contributed by atoms with E-state index < -0.39 is 11.7 Å². The summed E-state index contributed by atoms with van der Waals surface area (Å²) >= 11 is 0. The van der Waals surface area contributed by atoms with Gasteiger partial charge in [-0.25, -0.2) is 4.79 Å². The number of hydrogen-bond donors (Lipinski definition) is 0. The summed E-state index contributed by atoms with van der Waals surface area (Å²) in [4.78, 5) is 38.4. The molecule has 33 heavy (non-hydrogen) atoms. The maximum atomic E-state index is 13.1. The molecule has 1 aliphatic rings. The van der Waals surface area contributed by atoms with Gasteiger partial charge in [-0.2, -0.15) is 0 Å². The van der Waals surface area contributed by atoms with E-state index >= 15 is 0 Å². The van der Waals surface area contributed by atoms with Gasteiger partial charge in [0.2, 0.25) is 5.56 Å². The number of benzene rings is 2. The van der Waals surface area contributed by atoms with Crippen molar-refractivity contribution < 1.29 is 14.3 Å². The van der Waals surface area contributed by atoms with E-state index in [0.717, 1.165) is 22.3 Å². The summed E-state index contributed by atoms with van der Waals surface area (Å²) < 4.78 is 7.53. The smallest absolute Gasteiger partial charge is 0.411 e. The third kappa shape index (κ3) is 4.60. The molecule has 0 bridgehead atoms. The van der Waals surface area contributed by atoms with E-state index in [1.807, 2.05) is 61.5 Å². The molecule has 2 aromatic carbocycles. The summed E-state index contributed by atoms with van der Waals surface area (Å²) in [7, 11) is 1.73. The molecule has 0 saturated carbocycles. The van der Waals surface area contributed by atoms with E-state index in [9.17, 15) is 14.4 Å². The molecule has 3 aromatic rings. The highest BCUT2D eigenvalue weighted by molar-refractivity contribution is 5.78. The minimum atomic E-state index is -0.923. The first-order chi connectivity index (χ1) is 15.8. The maximum Gasteiger partial charge on any atom is 0.411 e. The normalized spacial score (nSPS) is 19.1. The second kappa shape index (κ2) is 9.06. The molecule has 1 fully saturated rings. The predicted octanol–water partition coefficient (Wildman–Crippen LogP) is 4.83. The standard InChI is InChI=1S/C27H28N2O4/c1-19(30)17-27(24-7-5-4-6-8-24)15-16-29(26(32)33-27)20(2)21-9-11-22(12-10-21)23-13-14-25(31)28(3)18-23/h4-14,18,20H,15-17H2,1-3H3. The highest BCUT2D eigenvalue weighted by atomic mass is 16.6. The van der Waals surface area contributed by atoms with Crippen molar-refractivity contribution in [3.8, 4) is 11.1 Å². The van der Waals surface area contributed by atoms with Gasteiger partial charge in [0.05, 0.1) is 12.5 Å². The van der Waals surface area contributed by atoms with Gasteiger partial charge in [-0.3, -0.25) is 9.59 Å². The van der Waals surface area contributed by atoms with Crippen molar-refractivity contribution in [3.05, 3.63) is 94.4 Å². The predicted molar refractivity (Wildman–Crippen MR) is 127 cm³/mol. The lowest BCUT2D eigenvalue weighted by Gasteiger charge is -2.43. The Labute approximate surface area is 193 Å². The van der Waals surface area contributed by atoms with Crippen LogP contribution in [0.2, 0.25) is 0 Å². The third-order valence-electron chi connectivity index (χ3n) is 6.39. The number of ether oxygens (including phenoxy) is 1. The topological polar surface area (TPSA) is 68.6 Å². The molecule has 2 atom stereocenters. The zero-order valence-electron chi connectivity index (χ0n) is 19.2. The Balaban J connectivity index is 1.53. The average molecular weight is 445 g/mol. The molecule has 170 valence electrons. The van der Waals surface area contributed by atoms with Crippen molar-refractivity contribution in [3.63, 3.8) is 0 Å². The fraction of sp³-hybridized carbons (Fsp3) is 0.296. The quantitative estimate of drug-likeness (QED) is 0.546. The van der Waals surface area contributed by atoms with Gasteiger partial charge < -0.3 is 14.2 Å². The molecule has 4 rings (SSSR count). The molecular weight excluding hydrogens is 416 g/mol. The molecule has 0 aliphatic carbocycles. The van der Waals surface area contributed by atoms with E-state index in [4.69, 9.17) is 4.74 Å². The molecule has 6 nitrogen and oxygen atoms in total. The summed E-state index contributed by atoms with van der Waals surface area (Å²) in [6, 6.07) is 20.7. The Kier molecular flexibility index (Phi) is 6.18. The Morgan fingerprint density at radius 3 is 2.27 bits per heavy atom. The van der Waals surface area contributed by atoms with Crippen LogP contribution in [0.3, 0.4) is 0 Å². The molecule has 0 spiro atoms. The largest absolute Gasteiger partial charge is 0.437 e. The van der Waals surface area contributed by atoms with Gasteiger partial charge in [0, 0.05) is 32.3 Å². The van der Waals surface area contributed by atoms with E-state index in [2.05, 4.69) is 0 Å². The van der Waals surface area contributed by atoms with Crippen LogP contribution in [0.15, 0.2) is 77.7 Å². The molecule has 6 heteroatoms. The summed E-state index contributed by atoms with van der Waals surface area (Å²) in [5.74, 6) is -0.0119. The van der Waals surface area contributed by atoms with Crippen molar-refractivity contribution in [2.75, 3.05) is 6.54 Å². The number of pyridine rings is 1. The Morgan fingerprint density at radius 1 is 1.00 bits per heavy atom. The first-order valence-electron chi connectivity index (χ1n) is 11.1. The fourth-order valence-electron chi connectivity index (χ4n) is 4.49. The van der Waals surface area contributed by atoms with Crippen LogP contribution in [0, 0.1) is 0 Å². The number of rotatable bonds is 6. The fourth-order valence-corrected chi connectivity index (χ4v) is 4.49. The summed E-state index contributed by atoms with van der Waals surface area (Å²) in [6.45, 7) is 3.99. The third-order valence-corrected chi connectivity index (χ3v) is 6.39. The van der Waals surface area contributed by atoms with Crippen LogP contribution in [0.5, 0.6) is 0 Å². The van der Waals surface area contributed by atoms with Crippen LogP contribution < -0.4 is 5.56 Å². The van der Waals surface area contributed by atoms with Crippen LogP contribution in [0.1, 0.15) is 43.9 Å². The lowest BCUT2D eigenvalue weighted by molar-refractivity contribution is -0.126. The lowest BCUT2D eigenvalue weighted by atomic mass is 9.84. The molecule has 2 unspecified atom stereocenters. The number of aromatic nitrogens is 1. The monoisotopic (exact) mass is 444 g/mol. The van der Waals surface area contributed by atoms with Crippen LogP contribution >= 0.6 is 0 Å². The van der Waals surface area contributed by atoms with Crippen LogP contribution in [0.4, 0.5) is 4.79 Å². The molecule has 1 aliphatic heterocycles. The Bertz CT molecular complexity index is 1220. The van der Waals surface area contributed by atoms with Gasteiger partial charge in [0.1, 0.15) is 11.4 Å². The second-order valence-corrected chi connectivity index (χ2v) is 8.72. The van der Waals surface area contributed by atoms with Gasteiger partial charge in [0.15, 0.2) is 0 Å². The number of cyclic esters (lactones) is 1. The minimum Gasteiger partial charge on any atom is -0.437 e. The van der Waals surface area contributed by atoms with Crippen LogP contribution in [-0.4, -0.2) is 27.9 Å². The van der Waals surface area contributed by atoms with Gasteiger partial charge in [-0.05, 0) is 42.2 Å². The zero-order valence-corrected chi connectivity index (χ0v) is 19.2. The highest BCUT2D eigenvalue weighted by Crippen LogP contribution is 2.39. The Morgan fingerprint density at radius 2 is 1.67 bits per heavy atom. The number of carbonyl (C=O) groups is 2. The van der Waals surface area contributed by atoms with Gasteiger partial charge in [0.25, 0.3) is 0 Å². The number of Topliss-reactive ketones (excluding diaryl/α,β-unsaturated/α-hetero) is 1. The SMILES string of the molecule is CC(=O)CC1(c2ccccc2)CCN(C(C)c2ccc(-c3ccc(=O)n(C)c3)cc2)C(=O)O1. The number of amides is 1. The molecule has 1 saturated heterocycles. The molecule has 0 radical (unpaired) electrons. The molecule has 1 aromatic heterocycles. The van der Waals surface area contributed by atoms with Crippen LogP contribution in [-0.2, 0) is 22.2 Å². The van der Waals surface area contributed by atoms with Gasteiger partial charge in [-0.15, -0.1) is 0 Å². The van der Waals surface area contributed by atoms with E-state index in [1.165, 1.54) is 6.92 Å². The number of aryl methyl sites for hydroxylation is 1. The highest BCUT2D eigenvalue weighted by Gasteiger charge is 2.44. The van der Waals surface area contributed by atoms with E-state index in [1.54, 1.807) is 34.8 Å². The number of carbonyl (C=O) groups excluding carboxylic acids is 2. The summed E-state index contributed by atoms with van der Waals surface area (Å²) in [5, 5.41) is 0. The van der Waals surface area contributed by atoms with Gasteiger partial charge >= 0.3 is 6.09 Å². The van der Waals surface area contributed by atoms with E-state index in [-0.39, 0.29) is 23.8 Å². The maximum absolute atomic E-state index is 13.1. The number of ketones is 1. The van der Waals surface area contributed by atoms with Crippen molar-refractivity contribution >= 4 is 11.9 Å². The number of nitrogens with zero attached hydrogens (tertiary/aromatic N) is 2. The molecule has 2 heterocycles. The zero-order chi connectivity index (χ0) is 23.6. The molecular formula is C27H28N2O4. The van der Waals surface area contributed by atoms with E-state index in [0.29, 0.717) is 13.0 Å². The summed E-state index contributed by atoms with van der Waals surface area (Å²) in [6.07, 6.45) is 2.10. The van der Waals surface area contributed by atoms with Gasteiger partial charge in [-0.1, -0.05) is 54.6 Å². The van der Waals surface area contributed by atoms with Crippen molar-refractivity contribution in [2.24, 2.45) is 7.05 Å². The second-order valence-electron chi connectivity index (χ2n) is 8.72. The Hall–Kier alpha value is -3.67. The minimum absolute atomic E-state index is 0.0119. The molecule has 0 N–H and O–H groups in total. The number of hydrogen-bond acceptors (Lipinski definition) is 4.